The van der Waals surface area contributed by atoms with Gasteiger partial charge in [0.15, 0.2) is 5.13 Å². The van der Waals surface area contributed by atoms with Crippen LogP contribution in [0.3, 0.4) is 0 Å². The van der Waals surface area contributed by atoms with E-state index in [0.29, 0.717) is 34.6 Å². The highest BCUT2D eigenvalue weighted by molar-refractivity contribution is 7.23. The van der Waals surface area contributed by atoms with E-state index < -0.39 is 0 Å². The van der Waals surface area contributed by atoms with Crippen LogP contribution in [0.15, 0.2) is 36.4 Å². The van der Waals surface area contributed by atoms with Gasteiger partial charge in [-0.2, -0.15) is 0 Å². The van der Waals surface area contributed by atoms with E-state index in [2.05, 4.69) is 4.90 Å². The maximum Gasteiger partial charge on any atom is 0.233 e. The van der Waals surface area contributed by atoms with Crippen LogP contribution < -0.4 is 14.4 Å². The zero-order valence-electron chi connectivity index (χ0n) is 18.4. The minimum Gasteiger partial charge on any atom is -0.494 e. The van der Waals surface area contributed by atoms with Gasteiger partial charge in [0.1, 0.15) is 17.0 Å². The number of anilines is 1. The normalized spacial score (nSPS) is 11.2. The van der Waals surface area contributed by atoms with Crippen LogP contribution in [0.2, 0.25) is 5.02 Å². The molecule has 0 unspecified atom stereocenters. The zero-order valence-corrected chi connectivity index (χ0v) is 19.9. The highest BCUT2D eigenvalue weighted by Crippen LogP contribution is 2.38. The minimum atomic E-state index is -0.00272. The number of rotatable bonds is 10. The quantitative estimate of drug-likeness (QED) is 0.430. The highest BCUT2D eigenvalue weighted by Gasteiger charge is 2.22. The number of fused-ring (bicyclic) bond motifs is 1. The summed E-state index contributed by atoms with van der Waals surface area (Å²) in [4.78, 5) is 21.9. The summed E-state index contributed by atoms with van der Waals surface area (Å²) in [6.07, 6.45) is 1.12. The van der Waals surface area contributed by atoms with Gasteiger partial charge in [-0.1, -0.05) is 35.1 Å². The van der Waals surface area contributed by atoms with E-state index in [1.807, 2.05) is 45.3 Å². The van der Waals surface area contributed by atoms with Gasteiger partial charge in [-0.05, 0) is 63.8 Å². The van der Waals surface area contributed by atoms with E-state index in [0.717, 1.165) is 29.0 Å². The van der Waals surface area contributed by atoms with Crippen LogP contribution in [0.4, 0.5) is 5.13 Å². The van der Waals surface area contributed by atoms with Crippen LogP contribution in [0, 0.1) is 0 Å². The molecule has 0 aliphatic rings. The lowest BCUT2D eigenvalue weighted by Crippen LogP contribution is -2.34. The molecule has 8 heteroatoms. The third-order valence-corrected chi connectivity index (χ3v) is 6.31. The Kier molecular flexibility index (Phi) is 8.12. The lowest BCUT2D eigenvalue weighted by Gasteiger charge is -2.21. The molecule has 1 aromatic heterocycles. The van der Waals surface area contributed by atoms with Crippen molar-refractivity contribution in [3.63, 3.8) is 0 Å². The molecule has 0 bridgehead atoms. The number of aromatic nitrogens is 1. The van der Waals surface area contributed by atoms with Crippen molar-refractivity contribution in [2.75, 3.05) is 45.8 Å². The van der Waals surface area contributed by atoms with Gasteiger partial charge in [0.2, 0.25) is 5.91 Å². The van der Waals surface area contributed by atoms with Gasteiger partial charge in [-0.3, -0.25) is 9.69 Å². The predicted octanol–water partition coefficient (Wildman–Crippen LogP) is 4.88. The Morgan fingerprint density at radius 3 is 2.52 bits per heavy atom. The second kappa shape index (κ2) is 10.8. The van der Waals surface area contributed by atoms with Crippen molar-refractivity contribution in [3.05, 3.63) is 47.0 Å². The van der Waals surface area contributed by atoms with Gasteiger partial charge in [0.25, 0.3) is 0 Å². The van der Waals surface area contributed by atoms with Gasteiger partial charge < -0.3 is 14.4 Å². The molecule has 1 heterocycles. The fourth-order valence-electron chi connectivity index (χ4n) is 3.23. The number of benzene rings is 2. The average molecular weight is 462 g/mol. The predicted molar refractivity (Wildman–Crippen MR) is 128 cm³/mol. The third-order valence-electron chi connectivity index (χ3n) is 4.78. The van der Waals surface area contributed by atoms with E-state index in [1.165, 1.54) is 11.3 Å². The first-order chi connectivity index (χ1) is 14.9. The number of ether oxygens (including phenoxy) is 2. The Balaban J connectivity index is 1.87. The summed E-state index contributed by atoms with van der Waals surface area (Å²) in [6, 6.07) is 11.2. The van der Waals surface area contributed by atoms with Crippen LogP contribution in [-0.2, 0) is 11.2 Å². The first-order valence-corrected chi connectivity index (χ1v) is 11.4. The molecule has 0 N–H and O–H groups in total. The molecule has 0 saturated heterocycles. The lowest BCUT2D eigenvalue weighted by molar-refractivity contribution is -0.118. The Hall–Kier alpha value is -2.35. The first kappa shape index (κ1) is 23.3. The Morgan fingerprint density at radius 2 is 1.87 bits per heavy atom. The summed E-state index contributed by atoms with van der Waals surface area (Å²) >= 11 is 7.81. The molecule has 0 saturated carbocycles. The Morgan fingerprint density at radius 1 is 1.13 bits per heavy atom. The minimum absolute atomic E-state index is 0.00272. The second-order valence-corrected chi connectivity index (χ2v) is 8.76. The van der Waals surface area contributed by atoms with E-state index in [4.69, 9.17) is 26.1 Å². The average Bonchev–Trinajstić information content (AvgIpc) is 3.19. The van der Waals surface area contributed by atoms with Crippen molar-refractivity contribution in [1.29, 1.82) is 0 Å². The smallest absolute Gasteiger partial charge is 0.233 e. The lowest BCUT2D eigenvalue weighted by atomic mass is 10.1. The number of carbonyl (C=O) groups is 1. The largest absolute Gasteiger partial charge is 0.494 e. The van der Waals surface area contributed by atoms with Crippen molar-refractivity contribution in [3.8, 4) is 11.5 Å². The summed E-state index contributed by atoms with van der Waals surface area (Å²) in [5.74, 6) is 1.45. The number of carbonyl (C=O) groups excluding carboxylic acids is 1. The molecule has 6 nitrogen and oxygen atoms in total. The van der Waals surface area contributed by atoms with Gasteiger partial charge in [0.05, 0.1) is 29.9 Å². The molecule has 0 spiro atoms. The Labute approximate surface area is 192 Å². The number of thiazole rings is 1. The molecule has 0 radical (unpaired) electrons. The van der Waals surface area contributed by atoms with Crippen LogP contribution >= 0.6 is 22.9 Å². The van der Waals surface area contributed by atoms with E-state index in [1.54, 1.807) is 24.1 Å². The molecule has 3 aromatic rings. The van der Waals surface area contributed by atoms with Gasteiger partial charge in [0, 0.05) is 6.54 Å². The van der Waals surface area contributed by atoms with Crippen molar-refractivity contribution in [2.24, 2.45) is 0 Å². The van der Waals surface area contributed by atoms with E-state index in [-0.39, 0.29) is 12.3 Å². The number of halogens is 1. The molecule has 0 aliphatic carbocycles. The topological polar surface area (TPSA) is 54.9 Å². The van der Waals surface area contributed by atoms with Crippen LogP contribution in [0.25, 0.3) is 10.2 Å². The number of hydrogen-bond acceptors (Lipinski definition) is 6. The monoisotopic (exact) mass is 461 g/mol. The molecule has 166 valence electrons. The van der Waals surface area contributed by atoms with Crippen molar-refractivity contribution in [2.45, 2.75) is 19.8 Å². The third kappa shape index (κ3) is 5.87. The molecular weight excluding hydrogens is 434 g/mol. The van der Waals surface area contributed by atoms with Gasteiger partial charge in [-0.15, -0.1) is 0 Å². The van der Waals surface area contributed by atoms with Gasteiger partial charge >= 0.3 is 0 Å². The molecule has 2 aromatic carbocycles. The second-order valence-electron chi connectivity index (χ2n) is 7.38. The summed E-state index contributed by atoms with van der Waals surface area (Å²) in [5.41, 5.74) is 1.62. The number of hydrogen-bond donors (Lipinski definition) is 0. The summed E-state index contributed by atoms with van der Waals surface area (Å²) in [7, 11) is 5.65. The van der Waals surface area contributed by atoms with Crippen LogP contribution in [-0.4, -0.2) is 56.7 Å². The van der Waals surface area contributed by atoms with Gasteiger partial charge in [-0.25, -0.2) is 4.98 Å². The highest BCUT2D eigenvalue weighted by atomic mass is 35.5. The maximum absolute atomic E-state index is 13.3. The summed E-state index contributed by atoms with van der Waals surface area (Å²) in [5, 5.41) is 1.24. The molecular formula is C23H28ClN3O3S. The molecule has 0 atom stereocenters. The number of nitrogens with zero attached hydrogens (tertiary/aromatic N) is 3. The molecule has 1 amide bonds. The van der Waals surface area contributed by atoms with Crippen molar-refractivity contribution < 1.29 is 14.3 Å². The van der Waals surface area contributed by atoms with Crippen molar-refractivity contribution >= 4 is 44.2 Å². The standard InChI is InChI=1S/C23H28ClN3O3S/c1-5-30-17-9-7-16(8-10-17)15-20(28)27(14-6-13-26(2)3)23-25-21-19(29-4)12-11-18(24)22(21)31-23/h7-12H,5-6,13-15H2,1-4H3. The van der Waals surface area contributed by atoms with E-state index in [9.17, 15) is 4.79 Å². The molecule has 31 heavy (non-hydrogen) atoms. The molecule has 0 fully saturated rings. The fraction of sp³-hybridized carbons (Fsp3) is 0.391. The maximum atomic E-state index is 13.3. The summed E-state index contributed by atoms with van der Waals surface area (Å²) in [6.45, 7) is 4.01. The van der Waals surface area contributed by atoms with E-state index >= 15 is 0 Å². The molecule has 3 rings (SSSR count). The van der Waals surface area contributed by atoms with Crippen LogP contribution in [0.5, 0.6) is 11.5 Å². The Bertz CT molecular complexity index is 1020. The number of amides is 1. The summed E-state index contributed by atoms with van der Waals surface area (Å²) < 4.78 is 11.8. The fourth-order valence-corrected chi connectivity index (χ4v) is 4.53. The zero-order chi connectivity index (χ0) is 22.4. The van der Waals surface area contributed by atoms with Crippen LogP contribution in [0.1, 0.15) is 18.9 Å². The van der Waals surface area contributed by atoms with Crippen molar-refractivity contribution in [1.82, 2.24) is 9.88 Å². The first-order valence-electron chi connectivity index (χ1n) is 10.2. The number of methoxy groups -OCH3 is 1. The molecule has 0 aliphatic heterocycles. The SMILES string of the molecule is CCOc1ccc(CC(=O)N(CCCN(C)C)c2nc3c(OC)ccc(Cl)c3s2)cc1.